The number of hydrogen-bond donors (Lipinski definition) is 1. The Morgan fingerprint density at radius 3 is 2.67 bits per heavy atom. The van der Waals surface area contributed by atoms with Gasteiger partial charge in [0, 0.05) is 19.1 Å². The van der Waals surface area contributed by atoms with Crippen LogP contribution in [0.5, 0.6) is 11.5 Å². The van der Waals surface area contributed by atoms with Crippen LogP contribution in [0.25, 0.3) is 0 Å². The van der Waals surface area contributed by atoms with Gasteiger partial charge in [0.25, 0.3) is 0 Å². The van der Waals surface area contributed by atoms with E-state index in [1.807, 2.05) is 19.1 Å². The highest BCUT2D eigenvalue weighted by atomic mass is 79.9. The third-order valence-electron chi connectivity index (χ3n) is 5.35. The van der Waals surface area contributed by atoms with Gasteiger partial charge >= 0.3 is 0 Å². The SMILES string of the molecule is CCOc1cc(CNC[C@@H]2CCCN2CC)cc(Br)c1OCc1ccc(Cl)c(Cl)c1. The van der Waals surface area contributed by atoms with E-state index in [1.54, 1.807) is 6.07 Å². The van der Waals surface area contributed by atoms with Gasteiger partial charge in [-0.2, -0.15) is 0 Å². The molecular formula is C23H29BrCl2N2O2. The molecule has 1 atom stereocenters. The molecule has 0 aliphatic carbocycles. The fourth-order valence-electron chi connectivity index (χ4n) is 3.84. The van der Waals surface area contributed by atoms with Crippen LogP contribution in [0.3, 0.4) is 0 Å². The lowest BCUT2D eigenvalue weighted by Gasteiger charge is -2.23. The van der Waals surface area contributed by atoms with Crippen LogP contribution in [0.15, 0.2) is 34.8 Å². The van der Waals surface area contributed by atoms with Crippen LogP contribution in [-0.4, -0.2) is 37.2 Å². The average molecular weight is 516 g/mol. The number of likely N-dealkylation sites (tertiary alicyclic amines) is 1. The van der Waals surface area contributed by atoms with Crippen molar-refractivity contribution in [2.45, 2.75) is 45.9 Å². The molecule has 4 nitrogen and oxygen atoms in total. The fraction of sp³-hybridized carbons (Fsp3) is 0.478. The van der Waals surface area contributed by atoms with Gasteiger partial charge in [-0.1, -0.05) is 36.2 Å². The van der Waals surface area contributed by atoms with Crippen molar-refractivity contribution in [2.24, 2.45) is 0 Å². The van der Waals surface area contributed by atoms with E-state index < -0.39 is 0 Å². The molecule has 1 fully saturated rings. The summed E-state index contributed by atoms with van der Waals surface area (Å²) >= 11 is 15.8. The third-order valence-corrected chi connectivity index (χ3v) is 6.68. The summed E-state index contributed by atoms with van der Waals surface area (Å²) in [6.07, 6.45) is 2.57. The molecule has 0 radical (unpaired) electrons. The predicted octanol–water partition coefficient (Wildman–Crippen LogP) is 6.31. The van der Waals surface area contributed by atoms with Crippen molar-refractivity contribution in [1.82, 2.24) is 10.2 Å². The Labute approximate surface area is 198 Å². The molecule has 164 valence electrons. The second-order valence-corrected chi connectivity index (χ2v) is 9.10. The predicted molar refractivity (Wildman–Crippen MR) is 128 cm³/mol. The van der Waals surface area contributed by atoms with Crippen molar-refractivity contribution >= 4 is 39.1 Å². The van der Waals surface area contributed by atoms with Gasteiger partial charge in [0.1, 0.15) is 6.61 Å². The summed E-state index contributed by atoms with van der Waals surface area (Å²) in [7, 11) is 0. The summed E-state index contributed by atoms with van der Waals surface area (Å²) in [6, 6.07) is 10.3. The number of rotatable bonds is 10. The number of nitrogens with one attached hydrogen (secondary N) is 1. The van der Waals surface area contributed by atoms with E-state index in [9.17, 15) is 0 Å². The molecule has 0 saturated carbocycles. The fourth-order valence-corrected chi connectivity index (χ4v) is 4.76. The maximum atomic E-state index is 6.11. The first-order valence-corrected chi connectivity index (χ1v) is 12.0. The van der Waals surface area contributed by atoms with E-state index >= 15 is 0 Å². The van der Waals surface area contributed by atoms with Crippen LogP contribution in [0.2, 0.25) is 10.0 Å². The maximum Gasteiger partial charge on any atom is 0.175 e. The number of ether oxygens (including phenoxy) is 2. The molecule has 7 heteroatoms. The third kappa shape index (κ3) is 6.27. The quantitative estimate of drug-likeness (QED) is 0.402. The summed E-state index contributed by atoms with van der Waals surface area (Å²) < 4.78 is 12.8. The first-order valence-electron chi connectivity index (χ1n) is 10.5. The van der Waals surface area contributed by atoms with E-state index in [-0.39, 0.29) is 0 Å². The minimum atomic E-state index is 0.377. The van der Waals surface area contributed by atoms with Crippen molar-refractivity contribution in [3.8, 4) is 11.5 Å². The van der Waals surface area contributed by atoms with Crippen LogP contribution in [-0.2, 0) is 13.2 Å². The summed E-state index contributed by atoms with van der Waals surface area (Å²) in [5.41, 5.74) is 2.11. The summed E-state index contributed by atoms with van der Waals surface area (Å²) in [5, 5.41) is 4.66. The molecule has 1 aliphatic heterocycles. The highest BCUT2D eigenvalue weighted by Gasteiger charge is 2.22. The Morgan fingerprint density at radius 2 is 1.93 bits per heavy atom. The highest BCUT2D eigenvalue weighted by Crippen LogP contribution is 2.37. The first-order chi connectivity index (χ1) is 14.5. The normalized spacial score (nSPS) is 16.8. The van der Waals surface area contributed by atoms with Crippen molar-refractivity contribution < 1.29 is 9.47 Å². The van der Waals surface area contributed by atoms with Crippen molar-refractivity contribution in [3.63, 3.8) is 0 Å². The minimum Gasteiger partial charge on any atom is -0.490 e. The molecule has 1 heterocycles. The van der Waals surface area contributed by atoms with E-state index in [2.05, 4.69) is 45.2 Å². The van der Waals surface area contributed by atoms with Gasteiger partial charge in [-0.15, -0.1) is 0 Å². The number of benzene rings is 2. The van der Waals surface area contributed by atoms with E-state index in [0.717, 1.165) is 41.0 Å². The van der Waals surface area contributed by atoms with Crippen LogP contribution < -0.4 is 14.8 Å². The molecule has 0 unspecified atom stereocenters. The van der Waals surface area contributed by atoms with Gasteiger partial charge in [0.05, 0.1) is 21.1 Å². The van der Waals surface area contributed by atoms with E-state index in [0.29, 0.717) is 35.1 Å². The van der Waals surface area contributed by atoms with Gasteiger partial charge in [0.15, 0.2) is 11.5 Å². The zero-order chi connectivity index (χ0) is 21.5. The molecule has 0 aromatic heterocycles. The van der Waals surface area contributed by atoms with Gasteiger partial charge < -0.3 is 14.8 Å². The van der Waals surface area contributed by atoms with Gasteiger partial charge in [-0.05, 0) is 84.2 Å². The van der Waals surface area contributed by atoms with E-state index in [4.69, 9.17) is 32.7 Å². The average Bonchev–Trinajstić information content (AvgIpc) is 3.18. The Hall–Kier alpha value is -0.980. The summed E-state index contributed by atoms with van der Waals surface area (Å²) in [4.78, 5) is 2.55. The molecule has 2 aromatic rings. The number of nitrogens with zero attached hydrogens (tertiary/aromatic N) is 1. The standard InChI is InChI=1S/C23H29BrCl2N2O2/c1-3-28-9-5-6-18(28)14-27-13-17-10-19(24)23(22(12-17)29-4-2)30-15-16-7-8-20(25)21(26)11-16/h7-8,10-12,18,27H,3-6,9,13-15H2,1-2H3/t18-/m0/s1. The second-order valence-electron chi connectivity index (χ2n) is 7.43. The molecule has 3 rings (SSSR count). The molecule has 1 saturated heterocycles. The number of hydrogen-bond acceptors (Lipinski definition) is 4. The largest absolute Gasteiger partial charge is 0.490 e. The second kappa shape index (κ2) is 11.6. The van der Waals surface area contributed by atoms with Gasteiger partial charge in [-0.25, -0.2) is 0 Å². The highest BCUT2D eigenvalue weighted by molar-refractivity contribution is 9.10. The topological polar surface area (TPSA) is 33.7 Å². The Kier molecular flexibility index (Phi) is 9.14. The smallest absolute Gasteiger partial charge is 0.175 e. The van der Waals surface area contributed by atoms with Crippen molar-refractivity contribution in [3.05, 3.63) is 56.0 Å². The summed E-state index contributed by atoms with van der Waals surface area (Å²) in [6.45, 7) is 9.29. The summed E-state index contributed by atoms with van der Waals surface area (Å²) in [5.74, 6) is 1.43. The molecule has 30 heavy (non-hydrogen) atoms. The lowest BCUT2D eigenvalue weighted by atomic mass is 10.1. The molecule has 2 aromatic carbocycles. The maximum absolute atomic E-state index is 6.11. The monoisotopic (exact) mass is 514 g/mol. The van der Waals surface area contributed by atoms with Crippen LogP contribution >= 0.6 is 39.1 Å². The molecule has 1 aliphatic rings. The Bertz CT molecular complexity index is 850. The first kappa shape index (κ1) is 23.7. The lowest BCUT2D eigenvalue weighted by molar-refractivity contribution is 0.259. The van der Waals surface area contributed by atoms with E-state index in [1.165, 1.54) is 19.4 Å². The number of likely N-dealkylation sites (N-methyl/N-ethyl adjacent to an activating group) is 1. The molecule has 0 spiro atoms. The van der Waals surface area contributed by atoms with Crippen LogP contribution in [0.4, 0.5) is 0 Å². The van der Waals surface area contributed by atoms with Crippen molar-refractivity contribution in [2.75, 3.05) is 26.2 Å². The molecule has 0 amide bonds. The molecular weight excluding hydrogens is 487 g/mol. The minimum absolute atomic E-state index is 0.377. The zero-order valence-corrected chi connectivity index (χ0v) is 20.6. The zero-order valence-electron chi connectivity index (χ0n) is 17.5. The Morgan fingerprint density at radius 1 is 1.10 bits per heavy atom. The molecule has 1 N–H and O–H groups in total. The van der Waals surface area contributed by atoms with Crippen LogP contribution in [0.1, 0.15) is 37.8 Å². The molecule has 0 bridgehead atoms. The Balaban J connectivity index is 1.64. The lowest BCUT2D eigenvalue weighted by Crippen LogP contribution is -2.37. The van der Waals surface area contributed by atoms with Gasteiger partial charge in [-0.3, -0.25) is 4.90 Å². The van der Waals surface area contributed by atoms with Crippen LogP contribution in [0, 0.1) is 0 Å². The number of halogens is 3. The van der Waals surface area contributed by atoms with Gasteiger partial charge in [0.2, 0.25) is 0 Å². The van der Waals surface area contributed by atoms with Crippen molar-refractivity contribution in [1.29, 1.82) is 0 Å².